The third kappa shape index (κ3) is 3.70. The predicted molar refractivity (Wildman–Crippen MR) is 101 cm³/mol. The van der Waals surface area contributed by atoms with Gasteiger partial charge in [0.1, 0.15) is 5.82 Å². The first kappa shape index (κ1) is 17.0. The van der Waals surface area contributed by atoms with Gasteiger partial charge in [-0.2, -0.15) is 0 Å². The van der Waals surface area contributed by atoms with Crippen LogP contribution in [0.3, 0.4) is 0 Å². The fourth-order valence-corrected chi connectivity index (χ4v) is 3.89. The van der Waals surface area contributed by atoms with Gasteiger partial charge in [-0.05, 0) is 31.9 Å². The summed E-state index contributed by atoms with van der Waals surface area (Å²) in [6, 6.07) is 8.82. The molecular formula is C20H26N6. The van der Waals surface area contributed by atoms with Crippen LogP contribution in [0.2, 0.25) is 0 Å². The summed E-state index contributed by atoms with van der Waals surface area (Å²) in [4.78, 5) is 6.65. The van der Waals surface area contributed by atoms with Crippen molar-refractivity contribution in [2.75, 3.05) is 13.1 Å². The Balaban J connectivity index is 1.45. The molecule has 0 radical (unpaired) electrons. The number of benzene rings is 1. The Bertz CT molecular complexity index is 851. The van der Waals surface area contributed by atoms with Crippen molar-refractivity contribution in [2.45, 2.75) is 38.8 Å². The minimum atomic E-state index is 0.447. The predicted octanol–water partition coefficient (Wildman–Crippen LogP) is 2.75. The number of nitrogens with zero attached hydrogens (tertiary/aromatic N) is 6. The summed E-state index contributed by atoms with van der Waals surface area (Å²) in [5, 5.41) is 8.96. The average Bonchev–Trinajstić information content (AvgIpc) is 3.26. The van der Waals surface area contributed by atoms with Crippen LogP contribution in [0.15, 0.2) is 43.0 Å². The van der Waals surface area contributed by atoms with E-state index in [0.29, 0.717) is 12.5 Å². The standard InChI is InChI=1S/C20H26N6/c1-16-5-3-6-17(11-16)12-25-9-4-7-18(13-25)20-23-22-19(24(20)2)14-26-10-8-21-15-26/h3,5-6,8,10-11,15,18H,4,7,9,12-14H2,1-2H3/t18-/m0/s1. The lowest BCUT2D eigenvalue weighted by atomic mass is 9.96. The Morgan fingerprint density at radius 2 is 2.12 bits per heavy atom. The molecule has 1 fully saturated rings. The van der Waals surface area contributed by atoms with Crippen molar-refractivity contribution in [3.63, 3.8) is 0 Å². The Hall–Kier alpha value is -2.47. The van der Waals surface area contributed by atoms with E-state index in [1.807, 2.05) is 17.1 Å². The van der Waals surface area contributed by atoms with Gasteiger partial charge in [0.25, 0.3) is 0 Å². The number of aromatic nitrogens is 5. The van der Waals surface area contributed by atoms with Gasteiger partial charge in [-0.1, -0.05) is 29.8 Å². The van der Waals surface area contributed by atoms with Crippen LogP contribution in [0.4, 0.5) is 0 Å². The van der Waals surface area contributed by atoms with E-state index < -0.39 is 0 Å². The number of piperidine rings is 1. The third-order valence-electron chi connectivity index (χ3n) is 5.24. The first-order chi connectivity index (χ1) is 12.7. The summed E-state index contributed by atoms with van der Waals surface area (Å²) in [7, 11) is 2.08. The SMILES string of the molecule is Cc1cccc(CN2CCC[C@H](c3nnc(Cn4ccnc4)n3C)C2)c1. The van der Waals surface area contributed by atoms with Crippen LogP contribution in [-0.2, 0) is 20.1 Å². The summed E-state index contributed by atoms with van der Waals surface area (Å²) in [6.07, 6.45) is 7.96. The maximum Gasteiger partial charge on any atom is 0.152 e. The molecule has 0 aliphatic carbocycles. The van der Waals surface area contributed by atoms with Crippen molar-refractivity contribution in [1.82, 2.24) is 29.2 Å². The van der Waals surface area contributed by atoms with Crippen molar-refractivity contribution in [3.8, 4) is 0 Å². The fourth-order valence-electron chi connectivity index (χ4n) is 3.89. The van der Waals surface area contributed by atoms with Gasteiger partial charge in [0.15, 0.2) is 5.82 Å². The van der Waals surface area contributed by atoms with Gasteiger partial charge < -0.3 is 9.13 Å². The summed E-state index contributed by atoms with van der Waals surface area (Å²) < 4.78 is 4.19. The zero-order chi connectivity index (χ0) is 17.9. The molecule has 3 aromatic rings. The highest BCUT2D eigenvalue weighted by Crippen LogP contribution is 2.27. The molecular weight excluding hydrogens is 324 g/mol. The molecule has 2 aromatic heterocycles. The van der Waals surface area contributed by atoms with Crippen molar-refractivity contribution < 1.29 is 0 Å². The van der Waals surface area contributed by atoms with E-state index in [0.717, 1.165) is 31.3 Å². The van der Waals surface area contributed by atoms with E-state index in [1.54, 1.807) is 6.20 Å². The second-order valence-electron chi connectivity index (χ2n) is 7.33. The molecule has 1 atom stereocenters. The van der Waals surface area contributed by atoms with Crippen LogP contribution >= 0.6 is 0 Å². The van der Waals surface area contributed by atoms with Gasteiger partial charge >= 0.3 is 0 Å². The molecule has 0 amide bonds. The minimum Gasteiger partial charge on any atom is -0.330 e. The molecule has 1 aromatic carbocycles. The minimum absolute atomic E-state index is 0.447. The first-order valence-corrected chi connectivity index (χ1v) is 9.31. The summed E-state index contributed by atoms with van der Waals surface area (Å²) in [5.74, 6) is 2.53. The molecule has 4 rings (SSSR count). The van der Waals surface area contributed by atoms with Gasteiger partial charge in [0.2, 0.25) is 0 Å². The van der Waals surface area contributed by atoms with Crippen LogP contribution in [0.1, 0.15) is 41.5 Å². The highest BCUT2D eigenvalue weighted by molar-refractivity contribution is 5.22. The molecule has 6 nitrogen and oxygen atoms in total. The molecule has 0 bridgehead atoms. The van der Waals surface area contributed by atoms with Crippen molar-refractivity contribution in [2.24, 2.45) is 7.05 Å². The highest BCUT2D eigenvalue weighted by atomic mass is 15.3. The Labute approximate surface area is 154 Å². The monoisotopic (exact) mass is 350 g/mol. The highest BCUT2D eigenvalue weighted by Gasteiger charge is 2.26. The molecule has 1 saturated heterocycles. The molecule has 1 aliphatic rings. The second kappa shape index (κ2) is 7.41. The number of rotatable bonds is 5. The lowest BCUT2D eigenvalue weighted by Crippen LogP contribution is -2.34. The Morgan fingerprint density at radius 1 is 1.19 bits per heavy atom. The van der Waals surface area contributed by atoms with E-state index >= 15 is 0 Å². The largest absolute Gasteiger partial charge is 0.330 e. The number of imidazole rings is 1. The van der Waals surface area contributed by atoms with Crippen LogP contribution in [0, 0.1) is 6.92 Å². The quantitative estimate of drug-likeness (QED) is 0.710. The van der Waals surface area contributed by atoms with E-state index in [1.165, 1.54) is 24.0 Å². The molecule has 0 saturated carbocycles. The maximum atomic E-state index is 4.53. The van der Waals surface area contributed by atoms with E-state index in [4.69, 9.17) is 0 Å². The normalized spacial score (nSPS) is 18.3. The van der Waals surface area contributed by atoms with Gasteiger partial charge in [0.05, 0.1) is 12.9 Å². The van der Waals surface area contributed by atoms with Gasteiger partial charge in [0, 0.05) is 38.4 Å². The van der Waals surface area contributed by atoms with E-state index in [9.17, 15) is 0 Å². The van der Waals surface area contributed by atoms with Gasteiger partial charge in [-0.15, -0.1) is 10.2 Å². The summed E-state index contributed by atoms with van der Waals surface area (Å²) in [5.41, 5.74) is 2.72. The summed E-state index contributed by atoms with van der Waals surface area (Å²) in [6.45, 7) is 6.08. The fraction of sp³-hybridized carbons (Fsp3) is 0.450. The van der Waals surface area contributed by atoms with E-state index in [2.05, 4.69) is 62.9 Å². The number of hydrogen-bond acceptors (Lipinski definition) is 4. The molecule has 26 heavy (non-hydrogen) atoms. The molecule has 1 aliphatic heterocycles. The topological polar surface area (TPSA) is 51.8 Å². The molecule has 0 unspecified atom stereocenters. The van der Waals surface area contributed by atoms with Crippen LogP contribution < -0.4 is 0 Å². The van der Waals surface area contributed by atoms with Crippen molar-refractivity contribution in [3.05, 3.63) is 65.8 Å². The lowest BCUT2D eigenvalue weighted by molar-refractivity contribution is 0.195. The van der Waals surface area contributed by atoms with Crippen molar-refractivity contribution in [1.29, 1.82) is 0 Å². The average molecular weight is 350 g/mol. The van der Waals surface area contributed by atoms with Gasteiger partial charge in [-0.3, -0.25) is 4.90 Å². The number of likely N-dealkylation sites (tertiary alicyclic amines) is 1. The Morgan fingerprint density at radius 3 is 2.92 bits per heavy atom. The lowest BCUT2D eigenvalue weighted by Gasteiger charge is -2.32. The van der Waals surface area contributed by atoms with Gasteiger partial charge in [-0.25, -0.2) is 4.98 Å². The molecule has 0 N–H and O–H groups in total. The maximum absolute atomic E-state index is 4.53. The zero-order valence-electron chi connectivity index (χ0n) is 15.5. The van der Waals surface area contributed by atoms with Crippen molar-refractivity contribution >= 4 is 0 Å². The smallest absolute Gasteiger partial charge is 0.152 e. The van der Waals surface area contributed by atoms with E-state index in [-0.39, 0.29) is 0 Å². The van der Waals surface area contributed by atoms with Crippen LogP contribution in [-0.4, -0.2) is 42.3 Å². The molecule has 3 heterocycles. The van der Waals surface area contributed by atoms with Crippen LogP contribution in [0.5, 0.6) is 0 Å². The first-order valence-electron chi connectivity index (χ1n) is 9.31. The summed E-state index contributed by atoms with van der Waals surface area (Å²) >= 11 is 0. The second-order valence-corrected chi connectivity index (χ2v) is 7.33. The molecule has 136 valence electrons. The number of aryl methyl sites for hydroxylation is 1. The van der Waals surface area contributed by atoms with Crippen LogP contribution in [0.25, 0.3) is 0 Å². The molecule has 6 heteroatoms. The zero-order valence-corrected chi connectivity index (χ0v) is 15.5. The Kier molecular flexibility index (Phi) is 4.84. The molecule has 0 spiro atoms. The number of hydrogen-bond donors (Lipinski definition) is 0. The third-order valence-corrected chi connectivity index (χ3v) is 5.24.